The van der Waals surface area contributed by atoms with Gasteiger partial charge in [0.2, 0.25) is 0 Å². The van der Waals surface area contributed by atoms with E-state index in [1.165, 1.54) is 6.07 Å². The minimum atomic E-state index is -0.728. The molecule has 0 bridgehead atoms. The summed E-state index contributed by atoms with van der Waals surface area (Å²) in [5.74, 6) is -0.375. The second-order valence-electron chi connectivity index (χ2n) is 8.81. The van der Waals surface area contributed by atoms with Gasteiger partial charge in [-0.25, -0.2) is 14.3 Å². The number of furan rings is 1. The molecule has 1 fully saturated rings. The van der Waals surface area contributed by atoms with Crippen LogP contribution in [0.1, 0.15) is 12.1 Å². The topological polar surface area (TPSA) is 134 Å². The number of benzene rings is 1. The van der Waals surface area contributed by atoms with Crippen molar-refractivity contribution in [3.8, 4) is 17.2 Å². The molecule has 4 heterocycles. The maximum atomic E-state index is 15.0. The number of nitrogens with one attached hydrogen (secondary N) is 5. The van der Waals surface area contributed by atoms with Gasteiger partial charge in [0, 0.05) is 49.4 Å². The van der Waals surface area contributed by atoms with Crippen molar-refractivity contribution in [2.75, 3.05) is 38.7 Å². The number of halogens is 2. The van der Waals surface area contributed by atoms with Crippen molar-refractivity contribution in [2.24, 2.45) is 5.10 Å². The molecule has 3 aromatic heterocycles. The number of H-pyrrole nitrogens is 2. The van der Waals surface area contributed by atoms with Crippen molar-refractivity contribution in [3.63, 3.8) is 0 Å². The molecular formula is C24H27F2N9O2. The number of likely N-dealkylation sites (N-methyl/N-ethyl adjacent to an activating group) is 1. The third kappa shape index (κ3) is 5.40. The fourth-order valence-electron chi connectivity index (χ4n) is 4.10. The molecule has 0 saturated carbocycles. The Labute approximate surface area is 210 Å². The fraction of sp³-hybridized carbons (Fsp3) is 0.292. The van der Waals surface area contributed by atoms with Gasteiger partial charge < -0.3 is 23.9 Å². The first-order valence-corrected chi connectivity index (χ1v) is 11.7. The van der Waals surface area contributed by atoms with Crippen molar-refractivity contribution < 1.29 is 17.9 Å². The zero-order valence-corrected chi connectivity index (χ0v) is 20.4. The summed E-state index contributed by atoms with van der Waals surface area (Å²) in [4.78, 5) is 6.99. The van der Waals surface area contributed by atoms with Crippen LogP contribution in [0.3, 0.4) is 0 Å². The first-order valence-electron chi connectivity index (χ1n) is 11.7. The highest BCUT2D eigenvalue weighted by Gasteiger charge is 2.22. The summed E-state index contributed by atoms with van der Waals surface area (Å²) in [6.45, 7) is 4.72. The standard InChI is InChI=1S/C24H27F2N9O2/c1-14-10-15-23(26)19(11-16(25)24(15)28-14)37-20(27)13-22(35-7-5-34(2)6-8-35)32-33-31-21-12-17(29-30-21)18-4-3-9-36-18/h3-4,9-12,27-28,33H,5-8,13H2,1-2H3,(H2,29,30,31)/b27-20?,32-22-. The van der Waals surface area contributed by atoms with E-state index < -0.39 is 11.6 Å². The zero-order chi connectivity index (χ0) is 25.9. The van der Waals surface area contributed by atoms with E-state index in [4.69, 9.17) is 14.6 Å². The molecule has 0 aliphatic carbocycles. The Morgan fingerprint density at radius 3 is 2.81 bits per heavy atom. The Bertz CT molecular complexity index is 1420. The first-order chi connectivity index (χ1) is 17.9. The predicted octanol–water partition coefficient (Wildman–Crippen LogP) is 3.66. The third-order valence-corrected chi connectivity index (χ3v) is 6.06. The van der Waals surface area contributed by atoms with E-state index in [0.717, 1.165) is 19.2 Å². The minimum Gasteiger partial charge on any atom is -0.463 e. The molecule has 1 aromatic carbocycles. The Balaban J connectivity index is 1.29. The molecule has 13 heteroatoms. The van der Waals surface area contributed by atoms with E-state index >= 15 is 0 Å². The van der Waals surface area contributed by atoms with Gasteiger partial charge in [0.05, 0.1) is 18.2 Å². The maximum Gasteiger partial charge on any atom is 0.195 e. The van der Waals surface area contributed by atoms with E-state index in [2.05, 4.69) is 36.1 Å². The van der Waals surface area contributed by atoms with Gasteiger partial charge in [-0.15, -0.1) is 5.10 Å². The number of aromatic amines is 2. The van der Waals surface area contributed by atoms with Crippen LogP contribution < -0.4 is 15.7 Å². The van der Waals surface area contributed by atoms with E-state index in [-0.39, 0.29) is 29.0 Å². The van der Waals surface area contributed by atoms with E-state index in [1.54, 1.807) is 25.3 Å². The monoisotopic (exact) mass is 511 g/mol. The van der Waals surface area contributed by atoms with Gasteiger partial charge in [0.15, 0.2) is 34.9 Å². The molecule has 11 nitrogen and oxygen atoms in total. The van der Waals surface area contributed by atoms with Crippen molar-refractivity contribution in [2.45, 2.75) is 13.3 Å². The Kier molecular flexibility index (Phi) is 6.77. The van der Waals surface area contributed by atoms with Crippen LogP contribution in [0.15, 0.2) is 46.1 Å². The van der Waals surface area contributed by atoms with Gasteiger partial charge in [-0.2, -0.15) is 5.10 Å². The molecule has 4 aromatic rings. The van der Waals surface area contributed by atoms with Gasteiger partial charge in [-0.1, -0.05) is 0 Å². The lowest BCUT2D eigenvalue weighted by Gasteiger charge is -2.34. The molecule has 1 aliphatic heterocycles. The van der Waals surface area contributed by atoms with Crippen LogP contribution in [-0.2, 0) is 0 Å². The highest BCUT2D eigenvalue weighted by molar-refractivity contribution is 5.99. The van der Waals surface area contributed by atoms with Crippen molar-refractivity contribution >= 4 is 28.5 Å². The predicted molar refractivity (Wildman–Crippen MR) is 135 cm³/mol. The lowest BCUT2D eigenvalue weighted by Crippen LogP contribution is -2.48. The van der Waals surface area contributed by atoms with Crippen molar-refractivity contribution in [1.82, 2.24) is 30.5 Å². The molecule has 5 rings (SSSR count). The average molecular weight is 512 g/mol. The molecule has 0 unspecified atom stereocenters. The van der Waals surface area contributed by atoms with Crippen molar-refractivity contribution in [3.05, 3.63) is 53.9 Å². The first kappa shape index (κ1) is 24.3. The second kappa shape index (κ2) is 10.3. The lowest BCUT2D eigenvalue weighted by molar-refractivity contribution is 0.213. The van der Waals surface area contributed by atoms with Crippen molar-refractivity contribution in [1.29, 1.82) is 5.41 Å². The van der Waals surface area contributed by atoms with Gasteiger partial charge in [0.1, 0.15) is 11.5 Å². The Hall–Kier alpha value is -4.39. The van der Waals surface area contributed by atoms with Gasteiger partial charge in [-0.05, 0) is 32.2 Å². The number of anilines is 1. The smallest absolute Gasteiger partial charge is 0.195 e. The molecular weight excluding hydrogens is 484 g/mol. The number of hydrogen-bond acceptors (Lipinski definition) is 8. The molecule has 1 aliphatic rings. The van der Waals surface area contributed by atoms with Gasteiger partial charge >= 0.3 is 0 Å². The molecule has 5 N–H and O–H groups in total. The molecule has 37 heavy (non-hydrogen) atoms. The van der Waals surface area contributed by atoms with Crippen LogP contribution in [0.25, 0.3) is 22.4 Å². The van der Waals surface area contributed by atoms with Gasteiger partial charge in [0.25, 0.3) is 0 Å². The summed E-state index contributed by atoms with van der Waals surface area (Å²) in [5.41, 5.74) is 7.03. The number of hydrazone groups is 1. The fourth-order valence-corrected chi connectivity index (χ4v) is 4.10. The number of hydrazine groups is 1. The number of ether oxygens (including phenoxy) is 1. The molecule has 1 saturated heterocycles. The van der Waals surface area contributed by atoms with Crippen LogP contribution in [0.2, 0.25) is 0 Å². The summed E-state index contributed by atoms with van der Waals surface area (Å²) in [5, 5.41) is 19.9. The number of rotatable bonds is 7. The summed E-state index contributed by atoms with van der Waals surface area (Å²) >= 11 is 0. The largest absolute Gasteiger partial charge is 0.463 e. The number of hydrogen-bond donors (Lipinski definition) is 5. The molecule has 0 amide bonds. The highest BCUT2D eigenvalue weighted by Crippen LogP contribution is 2.30. The molecule has 194 valence electrons. The second-order valence-corrected chi connectivity index (χ2v) is 8.81. The van der Waals surface area contributed by atoms with Crippen LogP contribution in [0, 0.1) is 24.0 Å². The number of aromatic nitrogens is 3. The molecule has 0 radical (unpaired) electrons. The number of fused-ring (bicyclic) bond motifs is 1. The quantitative estimate of drug-likeness (QED) is 0.145. The summed E-state index contributed by atoms with van der Waals surface area (Å²) in [7, 11) is 2.03. The molecule has 0 atom stereocenters. The third-order valence-electron chi connectivity index (χ3n) is 6.06. The van der Waals surface area contributed by atoms with Gasteiger partial charge in [-0.3, -0.25) is 15.9 Å². The number of nitrogens with zero attached hydrogens (tertiary/aromatic N) is 4. The van der Waals surface area contributed by atoms with Crippen LogP contribution in [0.5, 0.6) is 5.75 Å². The Morgan fingerprint density at radius 1 is 1.24 bits per heavy atom. The number of amidine groups is 1. The van der Waals surface area contributed by atoms with E-state index in [1.807, 2.05) is 18.0 Å². The SMILES string of the molecule is Cc1cc2c(F)c(OC(=N)C/C(=N/NNc3cc(-c4ccco4)[nH]n3)N3CCN(C)CC3)cc(F)c2[nH]1. The maximum absolute atomic E-state index is 15.0. The normalized spacial score (nSPS) is 14.8. The molecule has 0 spiro atoms. The van der Waals surface area contributed by atoms with Crippen LogP contribution in [-0.4, -0.2) is 69.9 Å². The highest BCUT2D eigenvalue weighted by atomic mass is 19.1. The number of piperazine rings is 1. The number of aryl methyl sites for hydroxylation is 1. The van der Waals surface area contributed by atoms with E-state index in [0.29, 0.717) is 41.9 Å². The minimum absolute atomic E-state index is 0.0398. The summed E-state index contributed by atoms with van der Waals surface area (Å²) in [6.07, 6.45) is 1.53. The summed E-state index contributed by atoms with van der Waals surface area (Å²) < 4.78 is 40.2. The van der Waals surface area contributed by atoms with Crippen LogP contribution >= 0.6 is 0 Å². The zero-order valence-electron chi connectivity index (χ0n) is 20.4. The average Bonchev–Trinajstić information content (AvgIpc) is 3.63. The summed E-state index contributed by atoms with van der Waals surface area (Å²) in [6, 6.07) is 7.79. The van der Waals surface area contributed by atoms with E-state index in [9.17, 15) is 8.78 Å². The lowest BCUT2D eigenvalue weighted by atomic mass is 10.2. The Morgan fingerprint density at radius 2 is 2.05 bits per heavy atom. The van der Waals surface area contributed by atoms with Crippen LogP contribution in [0.4, 0.5) is 14.6 Å².